The molecule has 1 saturated heterocycles. The maximum absolute atomic E-state index is 11.0. The first-order chi connectivity index (χ1) is 9.69. The van der Waals surface area contributed by atoms with Crippen LogP contribution >= 0.6 is 0 Å². The number of likely N-dealkylation sites (tertiary alicyclic amines) is 1. The van der Waals surface area contributed by atoms with Crippen LogP contribution in [0.2, 0.25) is 0 Å². The van der Waals surface area contributed by atoms with Crippen LogP contribution in [0.1, 0.15) is 24.8 Å². The fourth-order valence-corrected chi connectivity index (χ4v) is 3.74. The second-order valence-corrected chi connectivity index (χ2v) is 5.86. The van der Waals surface area contributed by atoms with E-state index in [1.807, 2.05) is 6.07 Å². The quantitative estimate of drug-likeness (QED) is 0.500. The molecule has 20 heavy (non-hydrogen) atoms. The molecular weight excluding hydrogens is 256 g/mol. The summed E-state index contributed by atoms with van der Waals surface area (Å²) in [5.41, 5.74) is 3.89. The van der Waals surface area contributed by atoms with Crippen molar-refractivity contribution in [3.63, 3.8) is 0 Å². The van der Waals surface area contributed by atoms with Gasteiger partial charge in [-0.2, -0.15) is 0 Å². The fourth-order valence-electron chi connectivity index (χ4n) is 3.74. The number of nitrogen functional groups attached to an aromatic ring is 1. The molecule has 108 valence electrons. The van der Waals surface area contributed by atoms with Crippen molar-refractivity contribution in [2.24, 2.45) is 17.7 Å². The monoisotopic (exact) mass is 276 g/mol. The summed E-state index contributed by atoms with van der Waals surface area (Å²) in [6, 6.07) is 5.12. The van der Waals surface area contributed by atoms with E-state index in [1.165, 1.54) is 25.3 Å². The van der Waals surface area contributed by atoms with Crippen molar-refractivity contribution in [1.82, 2.24) is 4.90 Å². The number of anilines is 1. The number of hydrogen-bond acceptors (Lipinski definition) is 5. The molecule has 2 unspecified atom stereocenters. The van der Waals surface area contributed by atoms with Gasteiger partial charge in [-0.3, -0.25) is 20.9 Å². The van der Waals surface area contributed by atoms with Crippen LogP contribution < -0.4 is 11.3 Å². The van der Waals surface area contributed by atoms with Crippen LogP contribution in [0.15, 0.2) is 18.2 Å². The molecular formula is C14H20N4O2. The first-order valence-corrected chi connectivity index (χ1v) is 7.14. The number of hydrogen-bond donors (Lipinski definition) is 2. The van der Waals surface area contributed by atoms with Crippen molar-refractivity contribution in [2.45, 2.75) is 25.8 Å². The van der Waals surface area contributed by atoms with Gasteiger partial charge in [-0.05, 0) is 30.2 Å². The lowest BCUT2D eigenvalue weighted by Gasteiger charge is -2.18. The van der Waals surface area contributed by atoms with Gasteiger partial charge in [0, 0.05) is 25.7 Å². The van der Waals surface area contributed by atoms with E-state index in [0.717, 1.165) is 37.0 Å². The molecule has 2 aliphatic rings. The molecule has 3 N–H and O–H groups in total. The average molecular weight is 276 g/mol. The number of nitrogens with one attached hydrogen (secondary N) is 1. The third-order valence-electron chi connectivity index (χ3n) is 4.67. The highest BCUT2D eigenvalue weighted by Crippen LogP contribution is 2.39. The number of fused-ring (bicyclic) bond motifs is 1. The summed E-state index contributed by atoms with van der Waals surface area (Å²) in [6.07, 6.45) is 4.02. The van der Waals surface area contributed by atoms with Gasteiger partial charge in [-0.1, -0.05) is 18.6 Å². The maximum Gasteiger partial charge on any atom is 0.293 e. The molecule has 1 aliphatic carbocycles. The number of nitrogens with two attached hydrogens (primary N) is 1. The van der Waals surface area contributed by atoms with Gasteiger partial charge < -0.3 is 5.43 Å². The van der Waals surface area contributed by atoms with Gasteiger partial charge in [-0.25, -0.2) is 0 Å². The van der Waals surface area contributed by atoms with E-state index in [4.69, 9.17) is 5.84 Å². The Morgan fingerprint density at radius 2 is 2.05 bits per heavy atom. The molecule has 1 heterocycles. The van der Waals surface area contributed by atoms with E-state index >= 15 is 0 Å². The van der Waals surface area contributed by atoms with Crippen LogP contribution in [0.25, 0.3) is 0 Å². The van der Waals surface area contributed by atoms with Gasteiger partial charge in [0.25, 0.3) is 5.69 Å². The minimum Gasteiger partial charge on any atom is -0.318 e. The van der Waals surface area contributed by atoms with E-state index in [2.05, 4.69) is 10.3 Å². The average Bonchev–Trinajstić information content (AvgIpc) is 2.99. The molecule has 0 aromatic heterocycles. The highest BCUT2D eigenvalue weighted by atomic mass is 16.6. The molecule has 0 radical (unpaired) electrons. The Bertz CT molecular complexity index is 508. The molecule has 0 bridgehead atoms. The Hall–Kier alpha value is -1.66. The molecule has 1 saturated carbocycles. The van der Waals surface area contributed by atoms with Crippen LogP contribution in [0.5, 0.6) is 0 Å². The van der Waals surface area contributed by atoms with E-state index in [9.17, 15) is 10.1 Å². The molecule has 3 rings (SSSR count). The fraction of sp³-hybridized carbons (Fsp3) is 0.571. The van der Waals surface area contributed by atoms with Crippen LogP contribution in [0.3, 0.4) is 0 Å². The van der Waals surface area contributed by atoms with Crippen molar-refractivity contribution < 1.29 is 4.92 Å². The molecule has 0 spiro atoms. The molecule has 6 heteroatoms. The Morgan fingerprint density at radius 1 is 1.35 bits per heavy atom. The zero-order chi connectivity index (χ0) is 14.1. The maximum atomic E-state index is 11.0. The molecule has 1 aromatic carbocycles. The molecule has 1 aromatic rings. The number of nitro benzene ring substituents is 1. The molecule has 2 fully saturated rings. The van der Waals surface area contributed by atoms with Gasteiger partial charge in [0.05, 0.1) is 4.92 Å². The van der Waals surface area contributed by atoms with Gasteiger partial charge in [0.15, 0.2) is 0 Å². The lowest BCUT2D eigenvalue weighted by atomic mass is 10.0. The minimum atomic E-state index is -0.391. The summed E-state index contributed by atoms with van der Waals surface area (Å²) < 4.78 is 0. The summed E-state index contributed by atoms with van der Waals surface area (Å²) >= 11 is 0. The highest BCUT2D eigenvalue weighted by molar-refractivity contribution is 5.65. The second-order valence-electron chi connectivity index (χ2n) is 5.86. The first kappa shape index (κ1) is 13.3. The molecule has 6 nitrogen and oxygen atoms in total. The number of benzene rings is 1. The van der Waals surface area contributed by atoms with Crippen LogP contribution in [-0.4, -0.2) is 22.9 Å². The Kier molecular flexibility index (Phi) is 3.58. The molecule has 2 atom stereocenters. The third-order valence-corrected chi connectivity index (χ3v) is 4.67. The second kappa shape index (κ2) is 5.38. The number of rotatable bonds is 4. The standard InChI is InChI=1S/C14H20N4O2/c15-16-14-12(5-2-6-13(14)18(19)20)9-17-7-10-3-1-4-11(10)8-17/h2,5-6,10-11,16H,1,3-4,7-9,15H2. The topological polar surface area (TPSA) is 84.4 Å². The van der Waals surface area contributed by atoms with E-state index in [1.54, 1.807) is 6.07 Å². The number of nitrogens with zero attached hydrogens (tertiary/aromatic N) is 2. The van der Waals surface area contributed by atoms with Crippen LogP contribution in [0, 0.1) is 22.0 Å². The molecule has 1 aliphatic heterocycles. The summed E-state index contributed by atoms with van der Waals surface area (Å²) in [5, 5.41) is 11.0. The van der Waals surface area contributed by atoms with E-state index in [0.29, 0.717) is 5.69 Å². The predicted molar refractivity (Wildman–Crippen MR) is 77.0 cm³/mol. The van der Waals surface area contributed by atoms with Crippen LogP contribution in [-0.2, 0) is 6.54 Å². The summed E-state index contributed by atoms with van der Waals surface area (Å²) in [5.74, 6) is 7.13. The lowest BCUT2D eigenvalue weighted by Crippen LogP contribution is -2.22. The third kappa shape index (κ3) is 2.36. The van der Waals surface area contributed by atoms with E-state index in [-0.39, 0.29) is 5.69 Å². The number of nitro groups is 1. The van der Waals surface area contributed by atoms with Gasteiger partial charge in [0.2, 0.25) is 0 Å². The van der Waals surface area contributed by atoms with Gasteiger partial charge in [-0.15, -0.1) is 0 Å². The SMILES string of the molecule is NNc1c(CN2CC3CCCC3C2)cccc1[N+](=O)[O-]. The summed E-state index contributed by atoms with van der Waals surface area (Å²) in [4.78, 5) is 13.0. The Labute approximate surface area is 118 Å². The van der Waals surface area contributed by atoms with Crippen molar-refractivity contribution in [3.05, 3.63) is 33.9 Å². The highest BCUT2D eigenvalue weighted by Gasteiger charge is 2.36. The van der Waals surface area contributed by atoms with Gasteiger partial charge in [0.1, 0.15) is 5.69 Å². The lowest BCUT2D eigenvalue weighted by molar-refractivity contribution is -0.384. The summed E-state index contributed by atoms with van der Waals surface area (Å²) in [7, 11) is 0. The first-order valence-electron chi connectivity index (χ1n) is 7.14. The normalized spacial score (nSPS) is 25.6. The van der Waals surface area contributed by atoms with Crippen molar-refractivity contribution in [3.8, 4) is 0 Å². The number of hydrazine groups is 1. The zero-order valence-electron chi connectivity index (χ0n) is 11.4. The van der Waals surface area contributed by atoms with Crippen molar-refractivity contribution in [2.75, 3.05) is 18.5 Å². The van der Waals surface area contributed by atoms with Gasteiger partial charge >= 0.3 is 0 Å². The zero-order valence-corrected chi connectivity index (χ0v) is 11.4. The Balaban J connectivity index is 1.77. The Morgan fingerprint density at radius 3 is 2.65 bits per heavy atom. The number of para-hydroxylation sites is 1. The minimum absolute atomic E-state index is 0.0457. The van der Waals surface area contributed by atoms with Crippen molar-refractivity contribution >= 4 is 11.4 Å². The smallest absolute Gasteiger partial charge is 0.293 e. The van der Waals surface area contributed by atoms with Crippen molar-refractivity contribution in [1.29, 1.82) is 0 Å². The largest absolute Gasteiger partial charge is 0.318 e. The van der Waals surface area contributed by atoms with Crippen LogP contribution in [0.4, 0.5) is 11.4 Å². The van der Waals surface area contributed by atoms with E-state index < -0.39 is 4.92 Å². The molecule has 0 amide bonds. The predicted octanol–water partition coefficient (Wildman–Crippen LogP) is 2.11. The summed E-state index contributed by atoms with van der Waals surface area (Å²) in [6.45, 7) is 2.95.